The van der Waals surface area contributed by atoms with Gasteiger partial charge in [0.15, 0.2) is 11.5 Å². The van der Waals surface area contributed by atoms with E-state index in [2.05, 4.69) is 22.9 Å². The molecule has 0 bridgehead atoms. The van der Waals surface area contributed by atoms with Crippen molar-refractivity contribution in [2.24, 2.45) is 11.8 Å². The summed E-state index contributed by atoms with van der Waals surface area (Å²) in [5, 5.41) is 0. The smallest absolute Gasteiger partial charge is 0.290 e. The van der Waals surface area contributed by atoms with Gasteiger partial charge in [0, 0.05) is 17.6 Å². The maximum atomic E-state index is 13.6. The number of ketones is 1. The summed E-state index contributed by atoms with van der Waals surface area (Å²) in [5.74, 6) is 0.591. The third-order valence-electron chi connectivity index (χ3n) is 6.36. The average Bonchev–Trinajstić information content (AvgIpc) is 2.98. The number of benzene rings is 1. The lowest BCUT2D eigenvalue weighted by Crippen LogP contribution is -2.41. The van der Waals surface area contributed by atoms with Crippen LogP contribution < -0.4 is 0 Å². The largest absolute Gasteiger partial charge is 0.483 e. The summed E-state index contributed by atoms with van der Waals surface area (Å²) < 4.78 is 12.8. The Hall–Kier alpha value is -1.66. The first kappa shape index (κ1) is 21.6. The second-order valence-corrected chi connectivity index (χ2v) is 9.93. The molecule has 3 aliphatic rings. The van der Waals surface area contributed by atoms with Gasteiger partial charge in [-0.05, 0) is 63.1 Å². The van der Waals surface area contributed by atoms with E-state index < -0.39 is 6.04 Å². The third-order valence-corrected chi connectivity index (χ3v) is 6.86. The van der Waals surface area contributed by atoms with Gasteiger partial charge in [-0.2, -0.15) is 0 Å². The van der Waals surface area contributed by atoms with Crippen molar-refractivity contribution < 1.29 is 19.1 Å². The monoisotopic (exact) mass is 475 g/mol. The second kappa shape index (κ2) is 8.83. The van der Waals surface area contributed by atoms with E-state index in [-0.39, 0.29) is 35.6 Å². The number of hydrogen-bond donors (Lipinski definition) is 0. The van der Waals surface area contributed by atoms with Crippen LogP contribution in [-0.2, 0) is 19.1 Å². The van der Waals surface area contributed by atoms with Crippen molar-refractivity contribution in [1.82, 2.24) is 4.90 Å². The van der Waals surface area contributed by atoms with Crippen LogP contribution >= 0.6 is 15.9 Å². The van der Waals surface area contributed by atoms with Crippen LogP contribution in [0.1, 0.15) is 58.1 Å². The fourth-order valence-electron chi connectivity index (χ4n) is 4.93. The minimum Gasteiger partial charge on any atom is -0.483 e. The molecule has 4 atom stereocenters. The number of hydrogen-bond acceptors (Lipinski definition) is 4. The molecule has 1 saturated carbocycles. The van der Waals surface area contributed by atoms with E-state index in [1.54, 1.807) is 4.90 Å². The summed E-state index contributed by atoms with van der Waals surface area (Å²) in [7, 11) is 0. The molecule has 0 saturated heterocycles. The fourth-order valence-corrected chi connectivity index (χ4v) is 5.35. The fraction of sp³-hybridized carbons (Fsp3) is 0.583. The van der Waals surface area contributed by atoms with Gasteiger partial charge < -0.3 is 14.4 Å². The Bertz CT molecular complexity index is 865. The normalized spacial score (nSPS) is 28.6. The molecule has 2 aliphatic heterocycles. The lowest BCUT2D eigenvalue weighted by atomic mass is 9.74. The van der Waals surface area contributed by atoms with Crippen molar-refractivity contribution >= 4 is 27.6 Å². The predicted molar refractivity (Wildman–Crippen MR) is 118 cm³/mol. The van der Waals surface area contributed by atoms with E-state index >= 15 is 0 Å². The number of nitrogens with zero attached hydrogens (tertiary/aromatic N) is 1. The van der Waals surface area contributed by atoms with Crippen LogP contribution in [0.25, 0.3) is 0 Å². The summed E-state index contributed by atoms with van der Waals surface area (Å²) >= 11 is 3.53. The van der Waals surface area contributed by atoms with Crippen LogP contribution in [0, 0.1) is 11.8 Å². The van der Waals surface area contributed by atoms with Gasteiger partial charge in [0.2, 0.25) is 0 Å². The highest BCUT2D eigenvalue weighted by atomic mass is 79.9. The molecule has 1 aromatic rings. The molecule has 0 aromatic heterocycles. The lowest BCUT2D eigenvalue weighted by molar-refractivity contribution is -0.136. The zero-order valence-corrected chi connectivity index (χ0v) is 19.5. The first-order valence-corrected chi connectivity index (χ1v) is 11.8. The van der Waals surface area contributed by atoms with E-state index in [0.717, 1.165) is 29.3 Å². The number of ether oxygens (including phenoxy) is 2. The van der Waals surface area contributed by atoms with Crippen LogP contribution in [0.3, 0.4) is 0 Å². The standard InChI is InChI=1S/C24H30BrNO4/c1-14(2)29-11-5-10-26-21(16-6-4-7-17(25)13-16)20-22(27)18-12-15(3)8-9-19(18)30-23(20)24(26)28/h4,6-7,13-15,18-19,21H,5,8-12H2,1-3H3. The molecule has 5 nitrogen and oxygen atoms in total. The molecule has 1 aliphatic carbocycles. The number of carbonyl (C=O) groups is 2. The Morgan fingerprint density at radius 2 is 2.07 bits per heavy atom. The van der Waals surface area contributed by atoms with E-state index in [1.165, 1.54) is 0 Å². The Labute approximate surface area is 186 Å². The summed E-state index contributed by atoms with van der Waals surface area (Å²) in [5.41, 5.74) is 1.49. The molecule has 4 rings (SSSR count). The zero-order valence-electron chi connectivity index (χ0n) is 17.9. The highest BCUT2D eigenvalue weighted by Gasteiger charge is 2.52. The third kappa shape index (κ3) is 4.09. The molecule has 1 fully saturated rings. The zero-order chi connectivity index (χ0) is 21.4. The average molecular weight is 476 g/mol. The summed E-state index contributed by atoms with van der Waals surface area (Å²) in [6.45, 7) is 7.30. The Morgan fingerprint density at radius 1 is 1.27 bits per heavy atom. The SMILES string of the molecule is CC1CCC2OC3=C(C(=O)C2C1)C(c1cccc(Br)c1)N(CCCOC(C)C)C3=O. The number of rotatable bonds is 6. The number of halogens is 1. The molecule has 0 spiro atoms. The van der Waals surface area contributed by atoms with E-state index in [0.29, 0.717) is 31.1 Å². The highest BCUT2D eigenvalue weighted by molar-refractivity contribution is 9.10. The minimum atomic E-state index is -0.394. The first-order valence-electron chi connectivity index (χ1n) is 11.0. The molecule has 2 heterocycles. The molecule has 6 heteroatoms. The van der Waals surface area contributed by atoms with Gasteiger partial charge in [-0.3, -0.25) is 9.59 Å². The van der Waals surface area contributed by atoms with Crippen LogP contribution in [0.15, 0.2) is 40.1 Å². The van der Waals surface area contributed by atoms with Crippen LogP contribution in [0.5, 0.6) is 0 Å². The molecule has 162 valence electrons. The number of carbonyl (C=O) groups excluding carboxylic acids is 2. The molecular weight excluding hydrogens is 446 g/mol. The number of fused-ring (bicyclic) bond motifs is 1. The Kier molecular flexibility index (Phi) is 6.35. The van der Waals surface area contributed by atoms with Gasteiger partial charge in [-0.1, -0.05) is 35.0 Å². The Balaban J connectivity index is 1.66. The second-order valence-electron chi connectivity index (χ2n) is 9.02. The summed E-state index contributed by atoms with van der Waals surface area (Å²) in [6, 6.07) is 7.49. The van der Waals surface area contributed by atoms with E-state index in [9.17, 15) is 9.59 Å². The maximum Gasteiger partial charge on any atom is 0.290 e. The van der Waals surface area contributed by atoms with Gasteiger partial charge in [0.05, 0.1) is 23.6 Å². The lowest BCUT2D eigenvalue weighted by Gasteiger charge is -2.37. The van der Waals surface area contributed by atoms with Crippen LogP contribution in [-0.4, -0.2) is 41.9 Å². The minimum absolute atomic E-state index is 0.104. The molecule has 1 amide bonds. The summed E-state index contributed by atoms with van der Waals surface area (Å²) in [6.07, 6.45) is 3.42. The van der Waals surface area contributed by atoms with Gasteiger partial charge in [0.25, 0.3) is 5.91 Å². The number of Topliss-reactive ketones (excluding diaryl/α,β-unsaturated/α-hetero) is 1. The molecular formula is C24H30BrNO4. The van der Waals surface area contributed by atoms with Crippen molar-refractivity contribution in [1.29, 1.82) is 0 Å². The molecule has 1 aromatic carbocycles. The topological polar surface area (TPSA) is 55.8 Å². The van der Waals surface area contributed by atoms with Gasteiger partial charge in [0.1, 0.15) is 6.10 Å². The molecule has 0 radical (unpaired) electrons. The summed E-state index contributed by atoms with van der Waals surface area (Å²) in [4.78, 5) is 28.8. The van der Waals surface area contributed by atoms with Gasteiger partial charge >= 0.3 is 0 Å². The van der Waals surface area contributed by atoms with E-state index in [4.69, 9.17) is 9.47 Å². The molecule has 0 N–H and O–H groups in total. The molecule has 4 unspecified atom stereocenters. The van der Waals surface area contributed by atoms with E-state index in [1.807, 2.05) is 38.1 Å². The maximum absolute atomic E-state index is 13.6. The predicted octanol–water partition coefficient (Wildman–Crippen LogP) is 4.81. The van der Waals surface area contributed by atoms with Crippen molar-refractivity contribution in [3.05, 3.63) is 45.6 Å². The highest BCUT2D eigenvalue weighted by Crippen LogP contribution is 2.47. The Morgan fingerprint density at radius 3 is 2.80 bits per heavy atom. The molecule has 30 heavy (non-hydrogen) atoms. The first-order chi connectivity index (χ1) is 14.4. The quantitative estimate of drug-likeness (QED) is 0.554. The van der Waals surface area contributed by atoms with Gasteiger partial charge in [-0.25, -0.2) is 0 Å². The van der Waals surface area contributed by atoms with Crippen molar-refractivity contribution in [2.45, 2.75) is 64.7 Å². The van der Waals surface area contributed by atoms with Crippen molar-refractivity contribution in [3.63, 3.8) is 0 Å². The van der Waals surface area contributed by atoms with Gasteiger partial charge in [-0.15, -0.1) is 0 Å². The van der Waals surface area contributed by atoms with Crippen molar-refractivity contribution in [3.8, 4) is 0 Å². The van der Waals surface area contributed by atoms with Crippen LogP contribution in [0.2, 0.25) is 0 Å². The number of amides is 1. The van der Waals surface area contributed by atoms with Crippen LogP contribution in [0.4, 0.5) is 0 Å². The van der Waals surface area contributed by atoms with Crippen molar-refractivity contribution in [2.75, 3.05) is 13.2 Å².